The molecule has 0 saturated carbocycles. The Morgan fingerprint density at radius 3 is 3.25 bits per heavy atom. The molecule has 43 valence electrons. The van der Waals surface area contributed by atoms with Crippen LogP contribution in [0.3, 0.4) is 0 Å². The van der Waals surface area contributed by atoms with Crippen LogP contribution in [0.25, 0.3) is 0 Å². The Balaban J connectivity index is 2.33. The topological polar surface area (TPSA) is 60.3 Å². The maximum absolute atomic E-state index is 6.49. The van der Waals surface area contributed by atoms with Crippen molar-refractivity contribution in [1.82, 2.24) is 10.6 Å². The SMILES string of the molecule is N=[C]NC1=NCCN1. The van der Waals surface area contributed by atoms with Crippen LogP contribution < -0.4 is 10.6 Å². The molecule has 0 amide bonds. The molecule has 1 radical (unpaired) electrons. The molecule has 4 nitrogen and oxygen atoms in total. The first-order valence-corrected chi connectivity index (χ1v) is 2.39. The van der Waals surface area contributed by atoms with Gasteiger partial charge in [-0.1, -0.05) is 0 Å². The third-order valence-corrected chi connectivity index (χ3v) is 0.855. The molecule has 0 unspecified atom stereocenters. The number of rotatable bonds is 1. The molecule has 0 aliphatic carbocycles. The highest BCUT2D eigenvalue weighted by Gasteiger charge is 1.99. The summed E-state index contributed by atoms with van der Waals surface area (Å²) >= 11 is 0. The summed E-state index contributed by atoms with van der Waals surface area (Å²) in [5.74, 6) is 0.653. The van der Waals surface area contributed by atoms with Crippen molar-refractivity contribution in [3.05, 3.63) is 0 Å². The molecule has 1 rings (SSSR count). The summed E-state index contributed by atoms with van der Waals surface area (Å²) in [6, 6.07) is 0. The fourth-order valence-corrected chi connectivity index (χ4v) is 0.541. The summed E-state index contributed by atoms with van der Waals surface area (Å²) < 4.78 is 0. The highest BCUT2D eigenvalue weighted by atomic mass is 15.2. The van der Waals surface area contributed by atoms with E-state index in [1.54, 1.807) is 0 Å². The van der Waals surface area contributed by atoms with E-state index < -0.39 is 0 Å². The zero-order chi connectivity index (χ0) is 5.82. The Kier molecular flexibility index (Phi) is 1.46. The van der Waals surface area contributed by atoms with E-state index in [-0.39, 0.29) is 0 Å². The molecule has 0 atom stereocenters. The van der Waals surface area contributed by atoms with Crippen LogP contribution in [-0.4, -0.2) is 25.4 Å². The predicted molar refractivity (Wildman–Crippen MR) is 31.2 cm³/mol. The van der Waals surface area contributed by atoms with Crippen molar-refractivity contribution in [2.75, 3.05) is 13.1 Å². The first-order valence-electron chi connectivity index (χ1n) is 2.39. The summed E-state index contributed by atoms with van der Waals surface area (Å²) in [6.07, 6.45) is 2.02. The molecule has 1 heterocycles. The van der Waals surface area contributed by atoms with Crippen molar-refractivity contribution in [2.45, 2.75) is 0 Å². The number of guanidine groups is 1. The molecule has 0 aromatic rings. The van der Waals surface area contributed by atoms with Crippen LogP contribution in [0.2, 0.25) is 0 Å². The average molecular weight is 111 g/mol. The molecular weight excluding hydrogens is 104 g/mol. The van der Waals surface area contributed by atoms with Gasteiger partial charge in [-0.25, -0.2) is 0 Å². The van der Waals surface area contributed by atoms with Gasteiger partial charge in [-0.3, -0.25) is 10.4 Å². The fraction of sp³-hybridized carbons (Fsp3) is 0.500. The highest BCUT2D eigenvalue weighted by Crippen LogP contribution is 1.77. The van der Waals surface area contributed by atoms with Gasteiger partial charge in [0.2, 0.25) is 0 Å². The summed E-state index contributed by atoms with van der Waals surface area (Å²) in [5.41, 5.74) is 0. The van der Waals surface area contributed by atoms with Crippen molar-refractivity contribution >= 4 is 12.3 Å². The maximum atomic E-state index is 6.49. The molecular formula is C4H7N4. The smallest absolute Gasteiger partial charge is 0.197 e. The van der Waals surface area contributed by atoms with Crippen molar-refractivity contribution in [3.8, 4) is 0 Å². The molecule has 0 aromatic carbocycles. The summed E-state index contributed by atoms with van der Waals surface area (Å²) in [4.78, 5) is 3.94. The van der Waals surface area contributed by atoms with E-state index in [9.17, 15) is 0 Å². The van der Waals surface area contributed by atoms with Crippen LogP contribution in [0.15, 0.2) is 4.99 Å². The van der Waals surface area contributed by atoms with Crippen LogP contribution in [0.1, 0.15) is 0 Å². The molecule has 1 aliphatic rings. The van der Waals surface area contributed by atoms with Crippen LogP contribution in [0, 0.1) is 5.41 Å². The zero-order valence-corrected chi connectivity index (χ0v) is 4.36. The van der Waals surface area contributed by atoms with E-state index >= 15 is 0 Å². The quantitative estimate of drug-likeness (QED) is 0.231. The minimum atomic E-state index is 0.653. The van der Waals surface area contributed by atoms with Gasteiger partial charge in [0.1, 0.15) is 0 Å². The Morgan fingerprint density at radius 2 is 2.75 bits per heavy atom. The van der Waals surface area contributed by atoms with Gasteiger partial charge in [0.25, 0.3) is 0 Å². The Hall–Kier alpha value is -1.06. The number of hydrogen-bond donors (Lipinski definition) is 3. The number of hydrogen-bond acceptors (Lipinski definition) is 3. The molecule has 4 heteroatoms. The molecule has 0 saturated heterocycles. The minimum absolute atomic E-state index is 0.653. The van der Waals surface area contributed by atoms with Crippen molar-refractivity contribution in [3.63, 3.8) is 0 Å². The predicted octanol–water partition coefficient (Wildman–Crippen LogP) is -0.981. The third-order valence-electron chi connectivity index (χ3n) is 0.855. The van der Waals surface area contributed by atoms with E-state index in [2.05, 4.69) is 15.6 Å². The lowest BCUT2D eigenvalue weighted by molar-refractivity contribution is 0.952. The highest BCUT2D eigenvalue weighted by molar-refractivity contribution is 5.90. The molecule has 0 aromatic heterocycles. The Morgan fingerprint density at radius 1 is 1.88 bits per heavy atom. The van der Waals surface area contributed by atoms with Gasteiger partial charge in [-0.2, -0.15) is 0 Å². The molecule has 1 aliphatic heterocycles. The standard InChI is InChI=1S/C4H7N4/c5-3-8-4-6-1-2-7-4/h1-2H2,(H3,5,6,7,8). The maximum Gasteiger partial charge on any atom is 0.197 e. The normalized spacial score (nSPS) is 16.8. The first kappa shape index (κ1) is 5.08. The van der Waals surface area contributed by atoms with Crippen LogP contribution in [-0.2, 0) is 0 Å². The van der Waals surface area contributed by atoms with Gasteiger partial charge in [-0.05, 0) is 0 Å². The van der Waals surface area contributed by atoms with Gasteiger partial charge in [0.15, 0.2) is 12.3 Å². The van der Waals surface area contributed by atoms with Gasteiger partial charge in [0, 0.05) is 6.54 Å². The zero-order valence-electron chi connectivity index (χ0n) is 4.36. The Labute approximate surface area is 47.5 Å². The molecule has 0 bridgehead atoms. The van der Waals surface area contributed by atoms with Crippen molar-refractivity contribution < 1.29 is 0 Å². The lowest BCUT2D eigenvalue weighted by Gasteiger charge is -1.94. The van der Waals surface area contributed by atoms with E-state index in [0.29, 0.717) is 5.96 Å². The monoisotopic (exact) mass is 111 g/mol. The van der Waals surface area contributed by atoms with Crippen LogP contribution in [0.5, 0.6) is 0 Å². The largest absolute Gasteiger partial charge is 0.354 e. The van der Waals surface area contributed by atoms with E-state index in [4.69, 9.17) is 5.41 Å². The summed E-state index contributed by atoms with van der Waals surface area (Å²) in [5, 5.41) is 11.9. The fourth-order valence-electron chi connectivity index (χ4n) is 0.541. The second-order valence-electron chi connectivity index (χ2n) is 1.41. The van der Waals surface area contributed by atoms with Gasteiger partial charge >= 0.3 is 0 Å². The first-order chi connectivity index (χ1) is 3.93. The lowest BCUT2D eigenvalue weighted by atomic mass is 10.7. The van der Waals surface area contributed by atoms with E-state index in [1.165, 1.54) is 0 Å². The number of nitrogens with one attached hydrogen (secondary N) is 3. The number of aliphatic imine (C=N–C) groups is 1. The van der Waals surface area contributed by atoms with Crippen molar-refractivity contribution in [1.29, 1.82) is 5.41 Å². The second kappa shape index (κ2) is 2.30. The van der Waals surface area contributed by atoms with E-state index in [1.807, 2.05) is 6.34 Å². The van der Waals surface area contributed by atoms with E-state index in [0.717, 1.165) is 13.1 Å². The lowest BCUT2D eigenvalue weighted by Crippen LogP contribution is -2.32. The third kappa shape index (κ3) is 0.959. The minimum Gasteiger partial charge on any atom is -0.354 e. The second-order valence-corrected chi connectivity index (χ2v) is 1.41. The summed E-state index contributed by atoms with van der Waals surface area (Å²) in [6.45, 7) is 1.66. The molecule has 3 N–H and O–H groups in total. The van der Waals surface area contributed by atoms with Gasteiger partial charge < -0.3 is 10.6 Å². The van der Waals surface area contributed by atoms with Crippen molar-refractivity contribution in [2.24, 2.45) is 4.99 Å². The van der Waals surface area contributed by atoms with Gasteiger partial charge in [-0.15, -0.1) is 0 Å². The summed E-state index contributed by atoms with van der Waals surface area (Å²) in [7, 11) is 0. The van der Waals surface area contributed by atoms with Crippen LogP contribution >= 0.6 is 0 Å². The molecule has 8 heavy (non-hydrogen) atoms. The average Bonchev–Trinajstić information content (AvgIpc) is 2.19. The molecule has 0 spiro atoms. The van der Waals surface area contributed by atoms with Crippen LogP contribution in [0.4, 0.5) is 0 Å². The van der Waals surface area contributed by atoms with Gasteiger partial charge in [0.05, 0.1) is 6.54 Å². The molecule has 0 fully saturated rings. The Bertz CT molecular complexity index is 117. The number of nitrogens with zero attached hydrogens (tertiary/aromatic N) is 1.